The predicted octanol–water partition coefficient (Wildman–Crippen LogP) is 7.06. The molecule has 0 fully saturated rings. The lowest BCUT2D eigenvalue weighted by molar-refractivity contribution is -0.140. The van der Waals surface area contributed by atoms with Crippen LogP contribution in [-0.4, -0.2) is 13.1 Å². The second-order valence-electron chi connectivity index (χ2n) is 6.06. The summed E-state index contributed by atoms with van der Waals surface area (Å²) >= 11 is 1.69. The normalized spacial score (nSPS) is 12.5. The molecule has 0 aliphatic rings. The van der Waals surface area contributed by atoms with Crippen molar-refractivity contribution in [3.63, 3.8) is 0 Å². The van der Waals surface area contributed by atoms with E-state index in [1.54, 1.807) is 11.3 Å². The fraction of sp³-hybridized carbons (Fsp3) is 0.375. The highest BCUT2D eigenvalue weighted by atomic mass is 32.1. The number of esters is 1. The summed E-state index contributed by atoms with van der Waals surface area (Å²) in [6.07, 6.45) is 28.2. The number of allylic oxidation sites excluding steroid dienone is 9. The van der Waals surface area contributed by atoms with Crippen LogP contribution in [0.5, 0.6) is 0 Å². The largest absolute Gasteiger partial charge is 0.469 e. The minimum absolute atomic E-state index is 0.153. The van der Waals surface area contributed by atoms with Crippen molar-refractivity contribution in [2.75, 3.05) is 7.11 Å². The number of aryl methyl sites for hydroxylation is 1. The topological polar surface area (TPSA) is 26.3 Å². The van der Waals surface area contributed by atoms with E-state index >= 15 is 0 Å². The van der Waals surface area contributed by atoms with Gasteiger partial charge in [-0.05, 0) is 55.5 Å². The number of hydrogen-bond acceptors (Lipinski definition) is 3. The van der Waals surface area contributed by atoms with Crippen molar-refractivity contribution in [3.05, 3.63) is 76.6 Å². The highest BCUT2D eigenvalue weighted by molar-refractivity contribution is 7.10. The average molecular weight is 385 g/mol. The van der Waals surface area contributed by atoms with Crippen LogP contribution in [-0.2, 0) is 16.0 Å². The van der Waals surface area contributed by atoms with E-state index in [0.29, 0.717) is 6.42 Å². The van der Waals surface area contributed by atoms with Crippen molar-refractivity contribution in [3.8, 4) is 0 Å². The van der Waals surface area contributed by atoms with Gasteiger partial charge in [0.25, 0.3) is 0 Å². The van der Waals surface area contributed by atoms with E-state index in [4.69, 9.17) is 0 Å². The summed E-state index contributed by atoms with van der Waals surface area (Å²) in [5.41, 5.74) is 1.20. The molecule has 0 aliphatic heterocycles. The van der Waals surface area contributed by atoms with Crippen LogP contribution >= 0.6 is 11.3 Å². The SMILES string of the molecule is CC/C=C\C/C=C\C/C=C\C/C=C\C/C=C\c1csc(CCC(=O)OC)c1. The first kappa shape index (κ1) is 22.9. The van der Waals surface area contributed by atoms with Gasteiger partial charge in [-0.15, -0.1) is 11.3 Å². The van der Waals surface area contributed by atoms with Gasteiger partial charge in [0, 0.05) is 4.88 Å². The van der Waals surface area contributed by atoms with Gasteiger partial charge < -0.3 is 4.74 Å². The van der Waals surface area contributed by atoms with E-state index in [9.17, 15) is 4.79 Å². The molecular formula is C24H32O2S. The third kappa shape index (κ3) is 12.8. The molecule has 0 N–H and O–H groups in total. The lowest BCUT2D eigenvalue weighted by Gasteiger charge is -1.95. The summed E-state index contributed by atoms with van der Waals surface area (Å²) in [7, 11) is 1.43. The van der Waals surface area contributed by atoms with E-state index in [1.807, 2.05) is 0 Å². The number of carbonyl (C=O) groups excluding carboxylic acids is 1. The van der Waals surface area contributed by atoms with Gasteiger partial charge in [0.1, 0.15) is 0 Å². The van der Waals surface area contributed by atoms with Gasteiger partial charge >= 0.3 is 5.97 Å². The van der Waals surface area contributed by atoms with Gasteiger partial charge in [0.2, 0.25) is 0 Å². The molecule has 1 heterocycles. The zero-order valence-electron chi connectivity index (χ0n) is 16.6. The molecule has 0 saturated heterocycles. The Labute approximate surface area is 168 Å². The Kier molecular flexibility index (Phi) is 13.6. The minimum atomic E-state index is -0.153. The first-order chi connectivity index (χ1) is 13.3. The summed E-state index contributed by atoms with van der Waals surface area (Å²) in [6.45, 7) is 2.15. The molecule has 2 nitrogen and oxygen atoms in total. The molecule has 0 spiro atoms. The van der Waals surface area contributed by atoms with Crippen molar-refractivity contribution in [1.29, 1.82) is 0 Å². The first-order valence-electron chi connectivity index (χ1n) is 9.67. The van der Waals surface area contributed by atoms with Gasteiger partial charge in [0.15, 0.2) is 0 Å². The quantitative estimate of drug-likeness (QED) is 0.269. The maximum atomic E-state index is 11.2. The van der Waals surface area contributed by atoms with Crippen LogP contribution < -0.4 is 0 Å². The van der Waals surface area contributed by atoms with Gasteiger partial charge in [-0.25, -0.2) is 0 Å². The van der Waals surface area contributed by atoms with Crippen molar-refractivity contribution in [1.82, 2.24) is 0 Å². The Morgan fingerprint density at radius 2 is 1.48 bits per heavy atom. The highest BCUT2D eigenvalue weighted by Crippen LogP contribution is 2.18. The van der Waals surface area contributed by atoms with Crippen LogP contribution in [0.4, 0.5) is 0 Å². The third-order valence-electron chi connectivity index (χ3n) is 3.78. The van der Waals surface area contributed by atoms with Gasteiger partial charge in [0.05, 0.1) is 13.5 Å². The van der Waals surface area contributed by atoms with E-state index in [1.165, 1.54) is 17.6 Å². The van der Waals surface area contributed by atoms with Crippen LogP contribution in [0.2, 0.25) is 0 Å². The first-order valence-corrected chi connectivity index (χ1v) is 10.5. The van der Waals surface area contributed by atoms with Gasteiger partial charge in [-0.1, -0.05) is 67.7 Å². The Bertz CT molecular complexity index is 660. The van der Waals surface area contributed by atoms with E-state index in [-0.39, 0.29) is 5.97 Å². The molecule has 0 amide bonds. The lowest BCUT2D eigenvalue weighted by Crippen LogP contribution is -2.00. The molecule has 0 bridgehead atoms. The molecule has 1 rings (SSSR count). The highest BCUT2D eigenvalue weighted by Gasteiger charge is 2.03. The molecule has 0 saturated carbocycles. The fourth-order valence-corrected chi connectivity index (χ4v) is 3.16. The number of ether oxygens (including phenoxy) is 1. The molecule has 0 unspecified atom stereocenters. The molecule has 0 atom stereocenters. The van der Waals surface area contributed by atoms with Crippen molar-refractivity contribution >= 4 is 23.4 Å². The van der Waals surface area contributed by atoms with Crippen LogP contribution in [0.25, 0.3) is 6.08 Å². The average Bonchev–Trinajstić information content (AvgIpc) is 3.14. The molecule has 146 valence electrons. The number of thiophene rings is 1. The molecule has 3 heteroatoms. The number of methoxy groups -OCH3 is 1. The number of carbonyl (C=O) groups is 1. The number of hydrogen-bond donors (Lipinski definition) is 0. The summed E-state index contributed by atoms with van der Waals surface area (Å²) in [6, 6.07) is 2.14. The van der Waals surface area contributed by atoms with E-state index < -0.39 is 0 Å². The lowest BCUT2D eigenvalue weighted by atomic mass is 10.2. The molecule has 1 aromatic heterocycles. The Morgan fingerprint density at radius 1 is 0.926 bits per heavy atom. The molecule has 1 aromatic rings. The predicted molar refractivity (Wildman–Crippen MR) is 119 cm³/mol. The Balaban J connectivity index is 2.14. The third-order valence-corrected chi connectivity index (χ3v) is 4.79. The zero-order chi connectivity index (χ0) is 19.6. The summed E-state index contributed by atoms with van der Waals surface area (Å²) < 4.78 is 4.67. The maximum absolute atomic E-state index is 11.2. The van der Waals surface area contributed by atoms with Crippen molar-refractivity contribution < 1.29 is 9.53 Å². The zero-order valence-corrected chi connectivity index (χ0v) is 17.4. The van der Waals surface area contributed by atoms with Crippen LogP contribution in [0.3, 0.4) is 0 Å². The number of rotatable bonds is 13. The van der Waals surface area contributed by atoms with Gasteiger partial charge in [-0.3, -0.25) is 4.79 Å². The van der Waals surface area contributed by atoms with E-state index in [0.717, 1.165) is 38.5 Å². The Morgan fingerprint density at radius 3 is 2.04 bits per heavy atom. The molecular weight excluding hydrogens is 352 g/mol. The standard InChI is InChI=1S/C24H32O2S/c1-3-4-5-6-7-8-9-10-11-12-13-14-15-16-17-22-20-23(27-21-22)18-19-24(25)26-2/h4-5,7-8,10-11,13-14,16-17,20-21H,3,6,9,12,15,18-19H2,1-2H3/b5-4-,8-7-,11-10-,14-13-,17-16-. The summed E-state index contributed by atoms with van der Waals surface area (Å²) in [5, 5.41) is 2.13. The smallest absolute Gasteiger partial charge is 0.305 e. The fourth-order valence-electron chi connectivity index (χ4n) is 2.30. The summed E-state index contributed by atoms with van der Waals surface area (Å²) in [5.74, 6) is -0.153. The summed E-state index contributed by atoms with van der Waals surface area (Å²) in [4.78, 5) is 12.4. The molecule has 0 aliphatic carbocycles. The molecule has 0 aromatic carbocycles. The molecule has 0 radical (unpaired) electrons. The maximum Gasteiger partial charge on any atom is 0.305 e. The van der Waals surface area contributed by atoms with Crippen LogP contribution in [0.15, 0.2) is 66.1 Å². The van der Waals surface area contributed by atoms with Crippen molar-refractivity contribution in [2.45, 2.75) is 51.9 Å². The Hall–Kier alpha value is -2.13. The van der Waals surface area contributed by atoms with Crippen LogP contribution in [0, 0.1) is 0 Å². The van der Waals surface area contributed by atoms with Crippen molar-refractivity contribution in [2.24, 2.45) is 0 Å². The van der Waals surface area contributed by atoms with E-state index in [2.05, 4.69) is 83.9 Å². The molecule has 27 heavy (non-hydrogen) atoms. The second kappa shape index (κ2) is 16.1. The van der Waals surface area contributed by atoms with Crippen LogP contribution in [0.1, 0.15) is 55.9 Å². The second-order valence-corrected chi connectivity index (χ2v) is 7.06. The minimum Gasteiger partial charge on any atom is -0.469 e. The van der Waals surface area contributed by atoms with Gasteiger partial charge in [-0.2, -0.15) is 0 Å². The monoisotopic (exact) mass is 384 g/mol.